The topological polar surface area (TPSA) is 44.8 Å². The standard InChI is InChI=1S/C27H50O4Si2/c1-12-33(13-2,14-3)31-27(23(4)5)21-20-26(27,19-17-15-16-18-24(28)29-9)22-30-32(10,11)25(6,7)8/h4,12-15,17,19-22H2,1-3,5-11H3/t26-,27-/m0/s1. The van der Waals surface area contributed by atoms with E-state index in [9.17, 15) is 4.79 Å². The molecule has 0 aromatic carbocycles. The molecule has 0 radical (unpaired) electrons. The van der Waals surface area contributed by atoms with Crippen LogP contribution in [0.3, 0.4) is 0 Å². The average molecular weight is 495 g/mol. The van der Waals surface area contributed by atoms with Gasteiger partial charge < -0.3 is 13.6 Å². The summed E-state index contributed by atoms with van der Waals surface area (Å²) in [4.78, 5) is 11.4. The van der Waals surface area contributed by atoms with E-state index in [1.165, 1.54) is 7.11 Å². The molecule has 0 aliphatic heterocycles. The summed E-state index contributed by atoms with van der Waals surface area (Å²) in [6.45, 7) is 25.7. The van der Waals surface area contributed by atoms with Crippen LogP contribution in [0.25, 0.3) is 0 Å². The molecule has 0 aromatic heterocycles. The van der Waals surface area contributed by atoms with Gasteiger partial charge in [-0.15, -0.1) is 0 Å². The zero-order valence-electron chi connectivity index (χ0n) is 23.2. The van der Waals surface area contributed by atoms with E-state index in [0.29, 0.717) is 13.0 Å². The molecular formula is C27H50O4Si2. The second-order valence-corrected chi connectivity index (χ2v) is 20.9. The van der Waals surface area contributed by atoms with Crippen LogP contribution in [0.4, 0.5) is 0 Å². The van der Waals surface area contributed by atoms with Crippen LogP contribution in [-0.2, 0) is 18.4 Å². The van der Waals surface area contributed by atoms with Crippen LogP contribution >= 0.6 is 0 Å². The van der Waals surface area contributed by atoms with Crippen LogP contribution in [0.5, 0.6) is 0 Å². The lowest BCUT2D eigenvalue weighted by Crippen LogP contribution is -2.66. The lowest BCUT2D eigenvalue weighted by molar-refractivity contribution is -0.152. The van der Waals surface area contributed by atoms with E-state index in [2.05, 4.69) is 84.7 Å². The monoisotopic (exact) mass is 494 g/mol. The molecule has 0 spiro atoms. The fourth-order valence-electron chi connectivity index (χ4n) is 4.78. The summed E-state index contributed by atoms with van der Waals surface area (Å²) in [5.74, 6) is 5.07. The Morgan fingerprint density at radius 2 is 1.67 bits per heavy atom. The summed E-state index contributed by atoms with van der Waals surface area (Å²) >= 11 is 0. The van der Waals surface area contributed by atoms with Crippen molar-refractivity contribution in [3.05, 3.63) is 12.2 Å². The van der Waals surface area contributed by atoms with E-state index in [1.54, 1.807) is 0 Å². The first-order chi connectivity index (χ1) is 15.2. The lowest BCUT2D eigenvalue weighted by Gasteiger charge is -2.63. The maximum absolute atomic E-state index is 11.4. The molecular weight excluding hydrogens is 444 g/mol. The summed E-state index contributed by atoms with van der Waals surface area (Å²) in [5.41, 5.74) is 0.735. The fourth-order valence-corrected chi connectivity index (χ4v) is 9.01. The Balaban J connectivity index is 3.29. The van der Waals surface area contributed by atoms with Crippen molar-refractivity contribution >= 4 is 22.6 Å². The van der Waals surface area contributed by atoms with Crippen LogP contribution in [0.15, 0.2) is 12.2 Å². The van der Waals surface area contributed by atoms with Gasteiger partial charge in [-0.2, -0.15) is 0 Å². The highest BCUT2D eigenvalue weighted by Crippen LogP contribution is 2.61. The highest BCUT2D eigenvalue weighted by Gasteiger charge is 2.62. The van der Waals surface area contributed by atoms with E-state index < -0.39 is 22.6 Å². The maximum atomic E-state index is 11.4. The first-order valence-corrected chi connectivity index (χ1v) is 18.2. The van der Waals surface area contributed by atoms with Crippen molar-refractivity contribution < 1.29 is 18.4 Å². The molecule has 1 aliphatic carbocycles. The van der Waals surface area contributed by atoms with E-state index in [-0.39, 0.29) is 16.1 Å². The zero-order valence-corrected chi connectivity index (χ0v) is 25.2. The Morgan fingerprint density at radius 3 is 2.06 bits per heavy atom. The molecule has 0 N–H and O–H groups in total. The van der Waals surface area contributed by atoms with Gasteiger partial charge >= 0.3 is 5.97 Å². The molecule has 0 bridgehead atoms. The number of carbonyl (C=O) groups excluding carboxylic acids is 1. The summed E-state index contributed by atoms with van der Waals surface area (Å²) in [6.07, 6.45) is 4.64. The summed E-state index contributed by atoms with van der Waals surface area (Å²) < 4.78 is 18.8. The van der Waals surface area contributed by atoms with Gasteiger partial charge in [0.25, 0.3) is 0 Å². The van der Waals surface area contributed by atoms with Gasteiger partial charge in [-0.05, 0) is 74.4 Å². The molecule has 190 valence electrons. The van der Waals surface area contributed by atoms with Crippen LogP contribution in [0.2, 0.25) is 36.3 Å². The minimum Gasteiger partial charge on any atom is -0.459 e. The molecule has 1 saturated carbocycles. The van der Waals surface area contributed by atoms with E-state index in [1.807, 2.05) is 0 Å². The number of ether oxygens (including phenoxy) is 1. The SMILES string of the molecule is C=C(C)[C@@]1(O[Si](CC)(CC)CC)CC[C@@]1(CCCC#CC(=O)OC)CO[Si](C)(C)C(C)(C)C. The zero-order chi connectivity index (χ0) is 25.6. The van der Waals surface area contributed by atoms with Crippen LogP contribution < -0.4 is 0 Å². The smallest absolute Gasteiger partial charge is 0.384 e. The maximum Gasteiger partial charge on any atom is 0.384 e. The van der Waals surface area contributed by atoms with Gasteiger partial charge in [0.2, 0.25) is 0 Å². The molecule has 0 aromatic rings. The summed E-state index contributed by atoms with van der Waals surface area (Å²) in [6, 6.07) is 3.37. The van der Waals surface area contributed by atoms with Crippen molar-refractivity contribution in [1.82, 2.24) is 0 Å². The predicted molar refractivity (Wildman–Crippen MR) is 144 cm³/mol. The Kier molecular flexibility index (Phi) is 10.7. The summed E-state index contributed by atoms with van der Waals surface area (Å²) in [7, 11) is -2.41. The first-order valence-electron chi connectivity index (χ1n) is 12.8. The van der Waals surface area contributed by atoms with Gasteiger partial charge in [0, 0.05) is 24.4 Å². The molecule has 0 amide bonds. The second-order valence-electron chi connectivity index (χ2n) is 11.4. The van der Waals surface area contributed by atoms with Gasteiger partial charge in [0.15, 0.2) is 16.6 Å². The molecule has 0 heterocycles. The number of hydrogen-bond acceptors (Lipinski definition) is 4. The van der Waals surface area contributed by atoms with E-state index >= 15 is 0 Å². The number of rotatable bonds is 12. The Labute approximate surface area is 206 Å². The third-order valence-electron chi connectivity index (χ3n) is 8.67. The van der Waals surface area contributed by atoms with Crippen molar-refractivity contribution in [2.45, 2.75) is 122 Å². The number of hydrogen-bond donors (Lipinski definition) is 0. The Bertz CT molecular complexity index is 731. The van der Waals surface area contributed by atoms with Crippen molar-refractivity contribution in [2.24, 2.45) is 5.41 Å². The van der Waals surface area contributed by atoms with Gasteiger partial charge in [-0.25, -0.2) is 4.79 Å². The van der Waals surface area contributed by atoms with Crippen LogP contribution in [0.1, 0.15) is 80.6 Å². The average Bonchev–Trinajstić information content (AvgIpc) is 2.74. The van der Waals surface area contributed by atoms with Gasteiger partial charge in [0.05, 0.1) is 12.7 Å². The van der Waals surface area contributed by atoms with Gasteiger partial charge in [0.1, 0.15) is 0 Å². The quantitative estimate of drug-likeness (QED) is 0.0704. The second kappa shape index (κ2) is 11.7. The van der Waals surface area contributed by atoms with E-state index in [0.717, 1.165) is 49.4 Å². The normalized spacial score (nSPS) is 23.3. The van der Waals surface area contributed by atoms with E-state index in [4.69, 9.17) is 8.85 Å². The molecule has 6 heteroatoms. The molecule has 1 fully saturated rings. The minimum atomic E-state index is -1.92. The van der Waals surface area contributed by atoms with Crippen molar-refractivity contribution in [2.75, 3.05) is 13.7 Å². The van der Waals surface area contributed by atoms with Crippen molar-refractivity contribution in [3.63, 3.8) is 0 Å². The number of methoxy groups -OCH3 is 1. The third-order valence-corrected chi connectivity index (χ3v) is 17.8. The van der Waals surface area contributed by atoms with Crippen LogP contribution in [0, 0.1) is 17.3 Å². The Hall–Kier alpha value is -0.876. The first kappa shape index (κ1) is 30.2. The number of esters is 1. The Morgan fingerprint density at radius 1 is 1.09 bits per heavy atom. The van der Waals surface area contributed by atoms with Gasteiger partial charge in [-0.3, -0.25) is 0 Å². The van der Waals surface area contributed by atoms with Crippen LogP contribution in [-0.4, -0.2) is 41.9 Å². The summed E-state index contributed by atoms with van der Waals surface area (Å²) in [5, 5.41) is 0.158. The fraction of sp³-hybridized carbons (Fsp3) is 0.815. The molecule has 1 aliphatic rings. The van der Waals surface area contributed by atoms with Crippen molar-refractivity contribution in [1.29, 1.82) is 0 Å². The van der Waals surface area contributed by atoms with Crippen molar-refractivity contribution in [3.8, 4) is 11.8 Å². The highest BCUT2D eigenvalue weighted by molar-refractivity contribution is 6.74. The largest absolute Gasteiger partial charge is 0.459 e. The number of unbranched alkanes of at least 4 members (excludes halogenated alkanes) is 1. The molecule has 2 atom stereocenters. The number of carbonyl (C=O) groups is 1. The third kappa shape index (κ3) is 6.63. The molecule has 1 rings (SSSR count). The molecule has 4 nitrogen and oxygen atoms in total. The highest BCUT2D eigenvalue weighted by atomic mass is 28.4. The lowest BCUT2D eigenvalue weighted by atomic mass is 9.52. The molecule has 0 saturated heterocycles. The van der Waals surface area contributed by atoms with Gasteiger partial charge in [-0.1, -0.05) is 54.0 Å². The predicted octanol–water partition coefficient (Wildman–Crippen LogP) is 7.47. The molecule has 33 heavy (non-hydrogen) atoms. The minimum absolute atomic E-state index is 0.0843. The molecule has 0 unspecified atom stereocenters.